The van der Waals surface area contributed by atoms with Crippen LogP contribution in [0.4, 0.5) is 4.39 Å². The Morgan fingerprint density at radius 1 is 1.21 bits per heavy atom. The summed E-state index contributed by atoms with van der Waals surface area (Å²) >= 11 is 0. The molecule has 0 saturated heterocycles. The van der Waals surface area contributed by atoms with Gasteiger partial charge < -0.3 is 24.9 Å². The number of carbonyl (C=O) groups is 2. The largest absolute Gasteiger partial charge is 0.504 e. The molecule has 2 aromatic carbocycles. The molecule has 1 amide bonds. The number of carbonyl (C=O) groups excluding carboxylic acids is 2. The van der Waals surface area contributed by atoms with E-state index in [0.29, 0.717) is 22.0 Å². The number of phenols is 1. The highest BCUT2D eigenvalue weighted by Crippen LogP contribution is 2.29. The number of aromatic amines is 1. The van der Waals surface area contributed by atoms with Crippen LogP contribution >= 0.6 is 0 Å². The molecule has 0 bridgehead atoms. The van der Waals surface area contributed by atoms with Crippen LogP contribution in [0.5, 0.6) is 11.5 Å². The summed E-state index contributed by atoms with van der Waals surface area (Å²) in [5.41, 5.74) is 1.63. The molecule has 0 aliphatic rings. The van der Waals surface area contributed by atoms with Crippen molar-refractivity contribution in [3.05, 3.63) is 59.5 Å². The molecule has 3 N–H and O–H groups in total. The number of benzene rings is 2. The molecule has 0 aliphatic carbocycles. The molecular formula is C20H19FN2O5. The molecule has 1 heterocycles. The van der Waals surface area contributed by atoms with E-state index in [9.17, 15) is 19.1 Å². The third-order valence-corrected chi connectivity index (χ3v) is 4.36. The summed E-state index contributed by atoms with van der Waals surface area (Å²) in [6, 6.07) is 7.48. The number of H-pyrrole nitrogens is 1. The van der Waals surface area contributed by atoms with Crippen LogP contribution in [0.2, 0.25) is 0 Å². The molecule has 1 aromatic heterocycles. The summed E-state index contributed by atoms with van der Waals surface area (Å²) in [6.45, 7) is 0. The molecule has 0 fully saturated rings. The van der Waals surface area contributed by atoms with Gasteiger partial charge in [0.1, 0.15) is 5.82 Å². The number of nitrogens with one attached hydrogen (secondary N) is 2. The van der Waals surface area contributed by atoms with Crippen molar-refractivity contribution in [3.63, 3.8) is 0 Å². The number of ether oxygens (including phenoxy) is 2. The molecule has 0 spiro atoms. The Balaban J connectivity index is 1.82. The number of hydrogen-bond acceptors (Lipinski definition) is 5. The fourth-order valence-corrected chi connectivity index (χ4v) is 2.96. The average molecular weight is 386 g/mol. The van der Waals surface area contributed by atoms with Crippen LogP contribution in [-0.2, 0) is 20.7 Å². The summed E-state index contributed by atoms with van der Waals surface area (Å²) < 4.78 is 23.2. The van der Waals surface area contributed by atoms with Gasteiger partial charge in [-0.25, -0.2) is 9.18 Å². The molecule has 0 aliphatic heterocycles. The Morgan fingerprint density at radius 3 is 2.68 bits per heavy atom. The first kappa shape index (κ1) is 19.2. The van der Waals surface area contributed by atoms with E-state index in [-0.39, 0.29) is 17.9 Å². The van der Waals surface area contributed by atoms with E-state index < -0.39 is 23.7 Å². The van der Waals surface area contributed by atoms with Gasteiger partial charge in [-0.2, -0.15) is 0 Å². The minimum atomic E-state index is -1.11. The topological polar surface area (TPSA) is 101 Å². The summed E-state index contributed by atoms with van der Waals surface area (Å²) in [5, 5.41) is 13.1. The second-order valence-electron chi connectivity index (χ2n) is 6.14. The first-order valence-corrected chi connectivity index (χ1v) is 8.42. The van der Waals surface area contributed by atoms with Gasteiger partial charge in [0.15, 0.2) is 17.5 Å². The lowest BCUT2D eigenvalue weighted by molar-refractivity contribution is -0.145. The van der Waals surface area contributed by atoms with Crippen molar-refractivity contribution in [2.75, 3.05) is 14.2 Å². The Hall–Kier alpha value is -3.55. The molecule has 146 valence electrons. The predicted molar refractivity (Wildman–Crippen MR) is 99.5 cm³/mol. The average Bonchev–Trinajstić information content (AvgIpc) is 3.07. The SMILES string of the molecule is COC(=O)C(NC(=O)Cc1c[nH]c2ccc(F)cc12)c1ccc(OC)c(O)c1. The number of methoxy groups -OCH3 is 2. The lowest BCUT2D eigenvalue weighted by Gasteiger charge is -2.17. The van der Waals surface area contributed by atoms with E-state index >= 15 is 0 Å². The van der Waals surface area contributed by atoms with Crippen LogP contribution in [0.1, 0.15) is 17.2 Å². The summed E-state index contributed by atoms with van der Waals surface area (Å²) in [5.74, 6) is -1.50. The van der Waals surface area contributed by atoms with Gasteiger partial charge in [0.2, 0.25) is 5.91 Å². The first-order valence-electron chi connectivity index (χ1n) is 8.42. The van der Waals surface area contributed by atoms with Gasteiger partial charge in [-0.1, -0.05) is 6.07 Å². The molecule has 1 atom stereocenters. The Bertz CT molecular complexity index is 1030. The molecule has 0 radical (unpaired) electrons. The van der Waals surface area contributed by atoms with Crippen LogP contribution in [0.15, 0.2) is 42.6 Å². The van der Waals surface area contributed by atoms with Gasteiger partial charge >= 0.3 is 5.97 Å². The van der Waals surface area contributed by atoms with Crippen LogP contribution < -0.4 is 10.1 Å². The molecule has 0 saturated carbocycles. The number of rotatable bonds is 6. The van der Waals surface area contributed by atoms with E-state index in [2.05, 4.69) is 10.3 Å². The summed E-state index contributed by atoms with van der Waals surface area (Å²) in [7, 11) is 2.60. The van der Waals surface area contributed by atoms with Gasteiger partial charge in [0, 0.05) is 17.1 Å². The van der Waals surface area contributed by atoms with Gasteiger partial charge in [-0.3, -0.25) is 4.79 Å². The number of amides is 1. The van der Waals surface area contributed by atoms with Crippen molar-refractivity contribution in [1.82, 2.24) is 10.3 Å². The van der Waals surface area contributed by atoms with Gasteiger partial charge in [0.05, 0.1) is 20.6 Å². The lowest BCUT2D eigenvalue weighted by Crippen LogP contribution is -2.35. The summed E-state index contributed by atoms with van der Waals surface area (Å²) in [4.78, 5) is 27.7. The van der Waals surface area contributed by atoms with E-state index in [4.69, 9.17) is 9.47 Å². The second-order valence-corrected chi connectivity index (χ2v) is 6.14. The van der Waals surface area contributed by atoms with Crippen LogP contribution in [-0.4, -0.2) is 36.2 Å². The third-order valence-electron chi connectivity index (χ3n) is 4.36. The Kier molecular flexibility index (Phi) is 5.49. The number of halogens is 1. The fourth-order valence-electron chi connectivity index (χ4n) is 2.96. The van der Waals surface area contributed by atoms with Crippen LogP contribution in [0, 0.1) is 5.82 Å². The Morgan fingerprint density at radius 2 is 2.00 bits per heavy atom. The third kappa shape index (κ3) is 3.90. The van der Waals surface area contributed by atoms with Crippen LogP contribution in [0.3, 0.4) is 0 Å². The normalized spacial score (nSPS) is 11.8. The second kappa shape index (κ2) is 7.99. The number of phenolic OH excluding ortho intramolecular Hbond substituents is 1. The zero-order valence-corrected chi connectivity index (χ0v) is 15.3. The number of hydrogen-bond donors (Lipinski definition) is 3. The highest BCUT2D eigenvalue weighted by molar-refractivity contribution is 5.91. The molecule has 3 rings (SSSR count). The monoisotopic (exact) mass is 386 g/mol. The quantitative estimate of drug-likeness (QED) is 0.566. The predicted octanol–water partition coefficient (Wildman–Crippen LogP) is 2.59. The zero-order chi connectivity index (χ0) is 20.3. The number of esters is 1. The molecule has 3 aromatic rings. The maximum Gasteiger partial charge on any atom is 0.333 e. The molecule has 7 nitrogen and oxygen atoms in total. The number of aromatic hydroxyl groups is 1. The maximum atomic E-state index is 13.5. The standard InChI is InChI=1S/C20H19FN2O5/c1-27-17-6-3-11(7-16(17)24)19(20(26)28-2)23-18(25)8-12-10-22-15-5-4-13(21)9-14(12)15/h3-7,9-10,19,22,24H,8H2,1-2H3,(H,23,25). The van der Waals surface area contributed by atoms with Gasteiger partial charge in [0.25, 0.3) is 0 Å². The van der Waals surface area contributed by atoms with Crippen LogP contribution in [0.25, 0.3) is 10.9 Å². The Labute approximate surface area is 160 Å². The van der Waals surface area contributed by atoms with E-state index in [0.717, 1.165) is 0 Å². The highest BCUT2D eigenvalue weighted by Gasteiger charge is 2.25. The van der Waals surface area contributed by atoms with Crippen molar-refractivity contribution in [1.29, 1.82) is 0 Å². The number of aromatic nitrogens is 1. The minimum absolute atomic E-state index is 0.0704. The zero-order valence-electron chi connectivity index (χ0n) is 15.3. The lowest BCUT2D eigenvalue weighted by atomic mass is 10.0. The van der Waals surface area contributed by atoms with Crippen molar-refractivity contribution in [2.24, 2.45) is 0 Å². The molecule has 1 unspecified atom stereocenters. The molecule has 28 heavy (non-hydrogen) atoms. The van der Waals surface area contributed by atoms with E-state index in [1.807, 2.05) is 0 Å². The molecular weight excluding hydrogens is 367 g/mol. The van der Waals surface area contributed by atoms with Gasteiger partial charge in [-0.05, 0) is 41.5 Å². The molecule has 8 heteroatoms. The van der Waals surface area contributed by atoms with E-state index in [1.54, 1.807) is 18.3 Å². The minimum Gasteiger partial charge on any atom is -0.504 e. The van der Waals surface area contributed by atoms with Gasteiger partial charge in [-0.15, -0.1) is 0 Å². The smallest absolute Gasteiger partial charge is 0.333 e. The van der Waals surface area contributed by atoms with Crippen molar-refractivity contribution in [3.8, 4) is 11.5 Å². The van der Waals surface area contributed by atoms with Crippen molar-refractivity contribution >= 4 is 22.8 Å². The van der Waals surface area contributed by atoms with E-state index in [1.165, 1.54) is 38.5 Å². The highest BCUT2D eigenvalue weighted by atomic mass is 19.1. The number of fused-ring (bicyclic) bond motifs is 1. The maximum absolute atomic E-state index is 13.5. The fraction of sp³-hybridized carbons (Fsp3) is 0.200. The summed E-state index contributed by atoms with van der Waals surface area (Å²) in [6.07, 6.45) is 1.55. The van der Waals surface area contributed by atoms with Crippen molar-refractivity contribution < 1.29 is 28.6 Å². The van der Waals surface area contributed by atoms with Crippen molar-refractivity contribution in [2.45, 2.75) is 12.5 Å². The first-order chi connectivity index (χ1) is 13.4.